The highest BCUT2D eigenvalue weighted by molar-refractivity contribution is 4.99. The van der Waals surface area contributed by atoms with E-state index in [0.29, 0.717) is 12.1 Å². The van der Waals surface area contributed by atoms with Gasteiger partial charge in [0.15, 0.2) is 0 Å². The van der Waals surface area contributed by atoms with Crippen LogP contribution in [0.1, 0.15) is 33.1 Å². The summed E-state index contributed by atoms with van der Waals surface area (Å²) >= 11 is 0. The van der Waals surface area contributed by atoms with Crippen molar-refractivity contribution in [2.24, 2.45) is 5.73 Å². The Morgan fingerprint density at radius 1 is 1.39 bits per heavy atom. The second kappa shape index (κ2) is 5.87. The first kappa shape index (κ1) is 14.3. The van der Waals surface area contributed by atoms with Crippen molar-refractivity contribution in [2.45, 2.75) is 50.8 Å². The van der Waals surface area contributed by atoms with E-state index in [-0.39, 0.29) is 5.54 Å². The van der Waals surface area contributed by atoms with Gasteiger partial charge in [-0.15, -0.1) is 0 Å². The zero-order valence-electron chi connectivity index (χ0n) is 12.2. The van der Waals surface area contributed by atoms with Crippen molar-refractivity contribution in [3.63, 3.8) is 0 Å². The van der Waals surface area contributed by atoms with Gasteiger partial charge in [-0.05, 0) is 33.2 Å². The van der Waals surface area contributed by atoms with E-state index in [0.717, 1.165) is 52.0 Å². The van der Waals surface area contributed by atoms with Crippen LogP contribution in [0.25, 0.3) is 0 Å². The minimum atomic E-state index is 0.180. The highest BCUT2D eigenvalue weighted by Gasteiger charge is 2.43. The Morgan fingerprint density at radius 3 is 2.78 bits per heavy atom. The van der Waals surface area contributed by atoms with Gasteiger partial charge in [0.1, 0.15) is 0 Å². The summed E-state index contributed by atoms with van der Waals surface area (Å²) in [6, 6.07) is 0.600. The summed E-state index contributed by atoms with van der Waals surface area (Å²) in [7, 11) is 2.21. The molecule has 2 saturated heterocycles. The van der Waals surface area contributed by atoms with Crippen molar-refractivity contribution >= 4 is 0 Å². The lowest BCUT2D eigenvalue weighted by Crippen LogP contribution is -2.65. The van der Waals surface area contributed by atoms with Crippen LogP contribution in [0.2, 0.25) is 0 Å². The van der Waals surface area contributed by atoms with Crippen molar-refractivity contribution < 1.29 is 4.74 Å². The average molecular weight is 255 g/mol. The summed E-state index contributed by atoms with van der Waals surface area (Å²) in [6.45, 7) is 9.64. The third kappa shape index (κ3) is 2.72. The first-order valence-electron chi connectivity index (χ1n) is 7.38. The zero-order chi connectivity index (χ0) is 13.2. The SMILES string of the molecule is CCC1CC(CN)(N2CCN(C)CC2C)CCO1. The molecule has 3 atom stereocenters. The van der Waals surface area contributed by atoms with Gasteiger partial charge in [0, 0.05) is 44.4 Å². The number of hydrogen-bond acceptors (Lipinski definition) is 4. The van der Waals surface area contributed by atoms with Crippen LogP contribution in [0.3, 0.4) is 0 Å². The smallest absolute Gasteiger partial charge is 0.0590 e. The summed E-state index contributed by atoms with van der Waals surface area (Å²) in [5.41, 5.74) is 6.35. The van der Waals surface area contributed by atoms with Gasteiger partial charge in [-0.2, -0.15) is 0 Å². The number of nitrogens with two attached hydrogens (primary N) is 1. The minimum absolute atomic E-state index is 0.180. The van der Waals surface area contributed by atoms with E-state index in [1.165, 1.54) is 0 Å². The van der Waals surface area contributed by atoms with Crippen molar-refractivity contribution in [2.75, 3.05) is 39.8 Å². The van der Waals surface area contributed by atoms with Crippen molar-refractivity contribution in [1.82, 2.24) is 9.80 Å². The molecule has 106 valence electrons. The molecular weight excluding hydrogens is 226 g/mol. The van der Waals surface area contributed by atoms with Gasteiger partial charge in [-0.3, -0.25) is 4.90 Å². The number of likely N-dealkylation sites (N-methyl/N-ethyl adjacent to an activating group) is 1. The molecule has 4 nitrogen and oxygen atoms in total. The average Bonchev–Trinajstić information content (AvgIpc) is 2.38. The van der Waals surface area contributed by atoms with Gasteiger partial charge in [0.25, 0.3) is 0 Å². The topological polar surface area (TPSA) is 41.7 Å². The summed E-state index contributed by atoms with van der Waals surface area (Å²) in [6.07, 6.45) is 3.69. The number of piperazine rings is 1. The Hall–Kier alpha value is -0.160. The van der Waals surface area contributed by atoms with Crippen LogP contribution in [0, 0.1) is 0 Å². The van der Waals surface area contributed by atoms with Gasteiger partial charge in [0.05, 0.1) is 6.10 Å². The van der Waals surface area contributed by atoms with Crippen LogP contribution in [0.5, 0.6) is 0 Å². The lowest BCUT2D eigenvalue weighted by molar-refractivity contribution is -0.0956. The highest BCUT2D eigenvalue weighted by atomic mass is 16.5. The van der Waals surface area contributed by atoms with Crippen LogP contribution in [0.15, 0.2) is 0 Å². The molecule has 0 saturated carbocycles. The van der Waals surface area contributed by atoms with Crippen LogP contribution < -0.4 is 5.73 Å². The molecule has 18 heavy (non-hydrogen) atoms. The molecule has 2 aliphatic rings. The maximum absolute atomic E-state index is 6.17. The van der Waals surface area contributed by atoms with E-state index in [2.05, 4.69) is 30.7 Å². The first-order valence-corrected chi connectivity index (χ1v) is 7.38. The molecule has 3 unspecified atom stereocenters. The van der Waals surface area contributed by atoms with Gasteiger partial charge in [-0.25, -0.2) is 0 Å². The largest absolute Gasteiger partial charge is 0.378 e. The molecule has 0 spiro atoms. The maximum atomic E-state index is 6.17. The van der Waals surface area contributed by atoms with Crippen LogP contribution in [-0.4, -0.2) is 67.3 Å². The normalized spacial score (nSPS) is 40.0. The summed E-state index contributed by atoms with van der Waals surface area (Å²) in [5.74, 6) is 0. The predicted octanol–water partition coefficient (Wildman–Crippen LogP) is 0.909. The lowest BCUT2D eigenvalue weighted by atomic mass is 9.82. The van der Waals surface area contributed by atoms with Crippen molar-refractivity contribution in [3.8, 4) is 0 Å². The molecular formula is C14H29N3O. The quantitative estimate of drug-likeness (QED) is 0.814. The van der Waals surface area contributed by atoms with Gasteiger partial charge in [-0.1, -0.05) is 6.92 Å². The van der Waals surface area contributed by atoms with Crippen molar-refractivity contribution in [1.29, 1.82) is 0 Å². The predicted molar refractivity (Wildman–Crippen MR) is 74.7 cm³/mol. The molecule has 0 aromatic heterocycles. The zero-order valence-corrected chi connectivity index (χ0v) is 12.2. The Bertz CT molecular complexity index is 274. The molecule has 2 aliphatic heterocycles. The molecule has 0 radical (unpaired) electrons. The van der Waals surface area contributed by atoms with Crippen LogP contribution >= 0.6 is 0 Å². The summed E-state index contributed by atoms with van der Waals surface area (Å²) in [5, 5.41) is 0. The van der Waals surface area contributed by atoms with Gasteiger partial charge < -0.3 is 15.4 Å². The number of rotatable bonds is 3. The van der Waals surface area contributed by atoms with E-state index in [4.69, 9.17) is 10.5 Å². The van der Waals surface area contributed by atoms with Gasteiger partial charge >= 0.3 is 0 Å². The fourth-order valence-electron chi connectivity index (χ4n) is 3.67. The highest BCUT2D eigenvalue weighted by Crippen LogP contribution is 2.33. The fourth-order valence-corrected chi connectivity index (χ4v) is 3.67. The minimum Gasteiger partial charge on any atom is -0.378 e. The van der Waals surface area contributed by atoms with E-state index < -0.39 is 0 Å². The summed E-state index contributed by atoms with van der Waals surface area (Å²) in [4.78, 5) is 5.08. The Balaban J connectivity index is 2.10. The molecule has 0 aromatic rings. The maximum Gasteiger partial charge on any atom is 0.0590 e. The molecule has 2 rings (SSSR count). The molecule has 0 aliphatic carbocycles. The van der Waals surface area contributed by atoms with Gasteiger partial charge in [0.2, 0.25) is 0 Å². The summed E-state index contributed by atoms with van der Waals surface area (Å²) < 4.78 is 5.84. The van der Waals surface area contributed by atoms with Crippen LogP contribution in [-0.2, 0) is 4.74 Å². The Morgan fingerprint density at radius 2 is 2.17 bits per heavy atom. The van der Waals surface area contributed by atoms with E-state index in [9.17, 15) is 0 Å². The monoisotopic (exact) mass is 255 g/mol. The molecule has 0 amide bonds. The molecule has 2 heterocycles. The fraction of sp³-hybridized carbons (Fsp3) is 1.00. The molecule has 2 fully saturated rings. The van der Waals surface area contributed by atoms with E-state index in [1.807, 2.05) is 0 Å². The third-order valence-corrected chi connectivity index (χ3v) is 4.80. The second-order valence-electron chi connectivity index (χ2n) is 6.09. The first-order chi connectivity index (χ1) is 8.61. The molecule has 0 bridgehead atoms. The number of hydrogen-bond donors (Lipinski definition) is 1. The van der Waals surface area contributed by atoms with E-state index >= 15 is 0 Å². The second-order valence-corrected chi connectivity index (χ2v) is 6.09. The Labute approximate surface area is 111 Å². The standard InChI is InChI=1S/C14H29N3O/c1-4-13-9-14(11-15,5-8-18-13)17-7-6-16(3)10-12(17)2/h12-13H,4-11,15H2,1-3H3. The molecule has 2 N–H and O–H groups in total. The third-order valence-electron chi connectivity index (χ3n) is 4.80. The number of nitrogens with zero attached hydrogens (tertiary/aromatic N) is 2. The van der Waals surface area contributed by atoms with E-state index in [1.54, 1.807) is 0 Å². The lowest BCUT2D eigenvalue weighted by Gasteiger charge is -2.53. The van der Waals surface area contributed by atoms with Crippen LogP contribution in [0.4, 0.5) is 0 Å². The molecule has 4 heteroatoms. The molecule has 0 aromatic carbocycles. The van der Waals surface area contributed by atoms with Crippen molar-refractivity contribution in [3.05, 3.63) is 0 Å². The Kier molecular flexibility index (Phi) is 4.64. The number of ether oxygens (including phenoxy) is 1.